The summed E-state index contributed by atoms with van der Waals surface area (Å²) in [5, 5.41) is 17.7. The summed E-state index contributed by atoms with van der Waals surface area (Å²) in [7, 11) is 1.93. The Hall–Kier alpha value is -1.69. The van der Waals surface area contributed by atoms with Gasteiger partial charge in [-0.15, -0.1) is 16.8 Å². The van der Waals surface area contributed by atoms with Crippen molar-refractivity contribution in [1.82, 2.24) is 19.7 Å². The summed E-state index contributed by atoms with van der Waals surface area (Å²) in [5.41, 5.74) is -0.701. The van der Waals surface area contributed by atoms with Crippen molar-refractivity contribution in [2.75, 3.05) is 13.1 Å². The molecule has 1 saturated heterocycles. The third-order valence-electron chi connectivity index (χ3n) is 4.19. The number of carboxylic acid groups (broad SMARTS) is 1. The molecule has 0 spiro atoms. The number of carbonyl (C=O) groups is 1. The molecule has 1 aromatic rings. The minimum atomic E-state index is -0.726. The van der Waals surface area contributed by atoms with Gasteiger partial charge in [0.05, 0.1) is 12.0 Å². The van der Waals surface area contributed by atoms with E-state index < -0.39 is 11.4 Å². The number of likely N-dealkylation sites (tertiary alicyclic amines) is 1. The molecule has 0 unspecified atom stereocenters. The van der Waals surface area contributed by atoms with E-state index >= 15 is 0 Å². The highest BCUT2D eigenvalue weighted by Crippen LogP contribution is 2.34. The fourth-order valence-corrected chi connectivity index (χ4v) is 2.86. The zero-order chi connectivity index (χ0) is 14.8. The van der Waals surface area contributed by atoms with Gasteiger partial charge in [0.1, 0.15) is 11.6 Å². The van der Waals surface area contributed by atoms with Gasteiger partial charge in [0.15, 0.2) is 0 Å². The fraction of sp³-hybridized carbons (Fsp3) is 0.643. The van der Waals surface area contributed by atoms with Crippen LogP contribution in [0.2, 0.25) is 0 Å². The minimum absolute atomic E-state index is 0.511. The predicted molar refractivity (Wildman–Crippen MR) is 75.1 cm³/mol. The maximum atomic E-state index is 11.6. The van der Waals surface area contributed by atoms with E-state index in [4.69, 9.17) is 0 Å². The fourth-order valence-electron chi connectivity index (χ4n) is 2.86. The van der Waals surface area contributed by atoms with Crippen molar-refractivity contribution in [1.29, 1.82) is 0 Å². The topological polar surface area (TPSA) is 71.2 Å². The number of allylic oxidation sites excluding steroid dienone is 1. The molecular weight excluding hydrogens is 256 g/mol. The van der Waals surface area contributed by atoms with Crippen LogP contribution in [0.3, 0.4) is 0 Å². The van der Waals surface area contributed by atoms with Crippen LogP contribution >= 0.6 is 0 Å². The molecule has 6 heteroatoms. The number of hydrogen-bond donors (Lipinski definition) is 1. The Balaban J connectivity index is 2.12. The molecule has 0 saturated carbocycles. The van der Waals surface area contributed by atoms with Crippen LogP contribution in [0.4, 0.5) is 0 Å². The summed E-state index contributed by atoms with van der Waals surface area (Å²) < 4.78 is 1.95. The van der Waals surface area contributed by atoms with Gasteiger partial charge in [-0.05, 0) is 32.7 Å². The van der Waals surface area contributed by atoms with Crippen LogP contribution in [0.25, 0.3) is 0 Å². The summed E-state index contributed by atoms with van der Waals surface area (Å²) in [6, 6.07) is 0. The van der Waals surface area contributed by atoms with Crippen LogP contribution in [0.1, 0.15) is 30.9 Å². The van der Waals surface area contributed by atoms with Crippen molar-refractivity contribution in [2.45, 2.75) is 32.7 Å². The van der Waals surface area contributed by atoms with Gasteiger partial charge in [-0.25, -0.2) is 0 Å². The molecule has 0 aliphatic carbocycles. The summed E-state index contributed by atoms with van der Waals surface area (Å²) in [4.78, 5) is 13.8. The number of aromatic nitrogens is 3. The minimum Gasteiger partial charge on any atom is -0.481 e. The first kappa shape index (κ1) is 14.7. The number of nitrogens with zero attached hydrogens (tertiary/aromatic N) is 4. The van der Waals surface area contributed by atoms with E-state index in [9.17, 15) is 9.90 Å². The molecule has 0 aromatic carbocycles. The lowest BCUT2D eigenvalue weighted by molar-refractivity contribution is -0.152. The van der Waals surface area contributed by atoms with E-state index in [-0.39, 0.29) is 0 Å². The Morgan fingerprint density at radius 1 is 1.55 bits per heavy atom. The van der Waals surface area contributed by atoms with E-state index in [0.29, 0.717) is 25.9 Å². The van der Waals surface area contributed by atoms with Crippen LogP contribution in [0, 0.1) is 12.3 Å². The third kappa shape index (κ3) is 2.75. The van der Waals surface area contributed by atoms with E-state index in [1.807, 2.05) is 18.5 Å². The quantitative estimate of drug-likeness (QED) is 0.824. The molecule has 0 amide bonds. The number of rotatable bonds is 5. The first-order valence-corrected chi connectivity index (χ1v) is 6.90. The maximum absolute atomic E-state index is 11.6. The highest BCUT2D eigenvalue weighted by molar-refractivity contribution is 5.75. The lowest BCUT2D eigenvalue weighted by atomic mass is 9.77. The molecule has 1 aromatic heterocycles. The Bertz CT molecular complexity index is 511. The van der Waals surface area contributed by atoms with Gasteiger partial charge in [0, 0.05) is 13.6 Å². The van der Waals surface area contributed by atoms with Crippen molar-refractivity contribution < 1.29 is 9.90 Å². The Morgan fingerprint density at radius 2 is 2.30 bits per heavy atom. The molecule has 1 fully saturated rings. The van der Waals surface area contributed by atoms with Crippen molar-refractivity contribution in [3.8, 4) is 0 Å². The van der Waals surface area contributed by atoms with Gasteiger partial charge in [-0.2, -0.15) is 0 Å². The number of carboxylic acids is 1. The van der Waals surface area contributed by atoms with E-state index in [1.165, 1.54) is 0 Å². The normalized spacial score (nSPS) is 23.7. The molecule has 1 N–H and O–H groups in total. The maximum Gasteiger partial charge on any atom is 0.311 e. The monoisotopic (exact) mass is 278 g/mol. The second-order valence-electron chi connectivity index (χ2n) is 5.61. The number of aliphatic carboxylic acids is 1. The molecule has 2 rings (SSSR count). The van der Waals surface area contributed by atoms with Crippen molar-refractivity contribution in [2.24, 2.45) is 12.5 Å². The van der Waals surface area contributed by atoms with Gasteiger partial charge in [-0.3, -0.25) is 9.69 Å². The van der Waals surface area contributed by atoms with Crippen molar-refractivity contribution in [3.63, 3.8) is 0 Å². The molecule has 0 bridgehead atoms. The second-order valence-corrected chi connectivity index (χ2v) is 5.61. The number of aryl methyl sites for hydroxylation is 1. The predicted octanol–water partition coefficient (Wildman–Crippen LogP) is 1.37. The second kappa shape index (κ2) is 5.75. The molecule has 0 radical (unpaired) electrons. The van der Waals surface area contributed by atoms with E-state index in [0.717, 1.165) is 24.6 Å². The van der Waals surface area contributed by atoms with E-state index in [2.05, 4.69) is 21.7 Å². The average molecular weight is 278 g/mol. The summed E-state index contributed by atoms with van der Waals surface area (Å²) in [5.74, 6) is 1.02. The van der Waals surface area contributed by atoms with Crippen LogP contribution in [0.5, 0.6) is 0 Å². The molecule has 1 atom stereocenters. The lowest BCUT2D eigenvalue weighted by Gasteiger charge is -2.39. The zero-order valence-electron chi connectivity index (χ0n) is 12.2. The highest BCUT2D eigenvalue weighted by atomic mass is 16.4. The Labute approximate surface area is 119 Å². The van der Waals surface area contributed by atoms with Crippen LogP contribution in [-0.4, -0.2) is 43.8 Å². The van der Waals surface area contributed by atoms with Gasteiger partial charge in [0.25, 0.3) is 0 Å². The van der Waals surface area contributed by atoms with E-state index in [1.54, 1.807) is 6.08 Å². The molecule has 20 heavy (non-hydrogen) atoms. The molecule has 1 aliphatic heterocycles. The van der Waals surface area contributed by atoms with Crippen molar-refractivity contribution >= 4 is 5.97 Å². The largest absolute Gasteiger partial charge is 0.481 e. The molecule has 1 aliphatic rings. The molecular formula is C14H22N4O2. The first-order valence-electron chi connectivity index (χ1n) is 6.90. The number of hydrogen-bond acceptors (Lipinski definition) is 4. The first-order chi connectivity index (χ1) is 9.48. The average Bonchev–Trinajstić information content (AvgIpc) is 2.71. The smallest absolute Gasteiger partial charge is 0.311 e. The summed E-state index contributed by atoms with van der Waals surface area (Å²) >= 11 is 0. The van der Waals surface area contributed by atoms with Gasteiger partial charge in [0.2, 0.25) is 0 Å². The Morgan fingerprint density at radius 3 is 2.85 bits per heavy atom. The summed E-state index contributed by atoms with van der Waals surface area (Å²) in [6.07, 6.45) is 3.82. The zero-order valence-corrected chi connectivity index (χ0v) is 12.2. The van der Waals surface area contributed by atoms with Crippen LogP contribution in [-0.2, 0) is 18.4 Å². The van der Waals surface area contributed by atoms with Gasteiger partial charge < -0.3 is 9.67 Å². The Kier molecular flexibility index (Phi) is 4.23. The van der Waals surface area contributed by atoms with Crippen molar-refractivity contribution in [3.05, 3.63) is 24.3 Å². The number of piperidine rings is 1. The standard InChI is InChI=1S/C14H22N4O2/c1-4-6-14(13(19)20)7-5-8-18(10-14)9-12-16-15-11(2)17(12)3/h4H,1,5-10H2,2-3H3,(H,19,20)/t14-/m0/s1. The van der Waals surface area contributed by atoms with Gasteiger partial charge >= 0.3 is 5.97 Å². The summed E-state index contributed by atoms with van der Waals surface area (Å²) in [6.45, 7) is 7.69. The molecule has 6 nitrogen and oxygen atoms in total. The van der Waals surface area contributed by atoms with Crippen LogP contribution < -0.4 is 0 Å². The van der Waals surface area contributed by atoms with Crippen LogP contribution in [0.15, 0.2) is 12.7 Å². The highest BCUT2D eigenvalue weighted by Gasteiger charge is 2.41. The third-order valence-corrected chi connectivity index (χ3v) is 4.19. The lowest BCUT2D eigenvalue weighted by Crippen LogP contribution is -2.47. The SMILES string of the molecule is C=CC[C@]1(C(=O)O)CCCN(Cc2nnc(C)n2C)C1. The molecule has 110 valence electrons. The van der Waals surface area contributed by atoms with Gasteiger partial charge in [-0.1, -0.05) is 6.08 Å². The molecule has 2 heterocycles.